The second kappa shape index (κ2) is 6.51. The number of aliphatic hydroxyl groups is 1. The maximum absolute atomic E-state index is 11.3. The number of carboxylic acid groups (broad SMARTS) is 1. The Morgan fingerprint density at radius 3 is 2.81 bits per heavy atom. The fourth-order valence-electron chi connectivity index (χ4n) is 2.27. The molecule has 0 aliphatic rings. The molecule has 2 aromatic rings. The zero-order chi connectivity index (χ0) is 15.5. The molecule has 0 aliphatic carbocycles. The van der Waals surface area contributed by atoms with E-state index in [9.17, 15) is 15.0 Å². The summed E-state index contributed by atoms with van der Waals surface area (Å²) >= 11 is 1.56. The first-order valence-electron chi connectivity index (χ1n) is 6.60. The highest BCUT2D eigenvalue weighted by Gasteiger charge is 2.22. The summed E-state index contributed by atoms with van der Waals surface area (Å²) in [5, 5.41) is 23.2. The third-order valence-corrected chi connectivity index (χ3v) is 4.07. The lowest BCUT2D eigenvalue weighted by Crippen LogP contribution is -2.39. The molecule has 5 nitrogen and oxygen atoms in total. The van der Waals surface area contributed by atoms with Gasteiger partial charge in [0.15, 0.2) is 0 Å². The number of rotatable bonds is 7. The van der Waals surface area contributed by atoms with Gasteiger partial charge in [0.05, 0.1) is 5.60 Å². The fourth-order valence-corrected chi connectivity index (χ4v) is 2.99. The normalized spacial score (nSPS) is 14.2. The number of thioether (sulfide) groups is 1. The Balaban J connectivity index is 2.17. The highest BCUT2D eigenvalue weighted by molar-refractivity contribution is 7.98. The van der Waals surface area contributed by atoms with Crippen molar-refractivity contribution in [3.8, 4) is 0 Å². The van der Waals surface area contributed by atoms with Gasteiger partial charge in [0, 0.05) is 29.8 Å². The molecular formula is C15H19NO4S. The van der Waals surface area contributed by atoms with E-state index >= 15 is 0 Å². The summed E-state index contributed by atoms with van der Waals surface area (Å²) in [5.74, 6) is -0.523. The lowest BCUT2D eigenvalue weighted by atomic mass is 10.1. The molecule has 1 aromatic carbocycles. The van der Waals surface area contributed by atoms with Crippen molar-refractivity contribution in [3.05, 3.63) is 35.6 Å². The van der Waals surface area contributed by atoms with Crippen molar-refractivity contribution in [2.24, 2.45) is 0 Å². The zero-order valence-corrected chi connectivity index (χ0v) is 12.9. The van der Waals surface area contributed by atoms with Gasteiger partial charge in [0.2, 0.25) is 5.76 Å². The molecule has 0 spiro atoms. The average Bonchev–Trinajstić information content (AvgIpc) is 2.78. The lowest BCUT2D eigenvalue weighted by molar-refractivity contribution is 0.0663. The number of fused-ring (bicyclic) bond motifs is 1. The molecule has 114 valence electrons. The maximum atomic E-state index is 11.3. The summed E-state index contributed by atoms with van der Waals surface area (Å²) in [6.45, 7) is 2.47. The molecule has 2 rings (SSSR count). The van der Waals surface area contributed by atoms with E-state index in [0.29, 0.717) is 30.0 Å². The van der Waals surface area contributed by atoms with Gasteiger partial charge >= 0.3 is 5.97 Å². The Morgan fingerprint density at radius 1 is 1.43 bits per heavy atom. The largest absolute Gasteiger partial charge is 0.475 e. The first kappa shape index (κ1) is 15.9. The Kier molecular flexibility index (Phi) is 4.92. The number of benzene rings is 1. The van der Waals surface area contributed by atoms with Crippen molar-refractivity contribution >= 4 is 28.7 Å². The summed E-state index contributed by atoms with van der Waals surface area (Å²) < 4.78 is 5.38. The van der Waals surface area contributed by atoms with E-state index in [1.807, 2.05) is 18.4 Å². The maximum Gasteiger partial charge on any atom is 0.372 e. The van der Waals surface area contributed by atoms with Crippen molar-refractivity contribution in [1.82, 2.24) is 5.32 Å². The minimum absolute atomic E-state index is 0.0480. The van der Waals surface area contributed by atoms with Crippen molar-refractivity contribution in [3.63, 3.8) is 0 Å². The Morgan fingerprint density at radius 2 is 2.14 bits per heavy atom. The summed E-state index contributed by atoms with van der Waals surface area (Å²) in [7, 11) is 0. The van der Waals surface area contributed by atoms with E-state index in [2.05, 4.69) is 5.32 Å². The molecule has 1 aromatic heterocycles. The number of carbonyl (C=O) groups is 1. The molecule has 1 atom stereocenters. The van der Waals surface area contributed by atoms with Crippen molar-refractivity contribution in [2.75, 3.05) is 18.6 Å². The number of hydrogen-bond acceptors (Lipinski definition) is 5. The molecule has 0 radical (unpaired) electrons. The predicted molar refractivity (Wildman–Crippen MR) is 83.9 cm³/mol. The molecule has 6 heteroatoms. The van der Waals surface area contributed by atoms with E-state index in [1.165, 1.54) is 0 Å². The Bertz CT molecular complexity index is 636. The van der Waals surface area contributed by atoms with Gasteiger partial charge in [0.25, 0.3) is 0 Å². The van der Waals surface area contributed by atoms with Crippen LogP contribution in [-0.2, 0) is 6.54 Å². The van der Waals surface area contributed by atoms with Crippen LogP contribution in [0.4, 0.5) is 0 Å². The molecule has 21 heavy (non-hydrogen) atoms. The summed E-state index contributed by atoms with van der Waals surface area (Å²) in [4.78, 5) is 11.3. The van der Waals surface area contributed by atoms with Gasteiger partial charge in [-0.3, -0.25) is 0 Å². The van der Waals surface area contributed by atoms with Crippen LogP contribution in [0, 0.1) is 0 Å². The van der Waals surface area contributed by atoms with Gasteiger partial charge in [0.1, 0.15) is 5.58 Å². The molecule has 3 N–H and O–H groups in total. The number of hydrogen-bond donors (Lipinski definition) is 3. The number of para-hydroxylation sites is 1. The van der Waals surface area contributed by atoms with Crippen molar-refractivity contribution in [2.45, 2.75) is 19.1 Å². The summed E-state index contributed by atoms with van der Waals surface area (Å²) in [5.41, 5.74) is 0.336. The highest BCUT2D eigenvalue weighted by atomic mass is 32.2. The van der Waals surface area contributed by atoms with Gasteiger partial charge in [-0.25, -0.2) is 4.79 Å². The van der Waals surface area contributed by atoms with E-state index in [4.69, 9.17) is 4.42 Å². The van der Waals surface area contributed by atoms with Gasteiger partial charge in [-0.05, 0) is 19.2 Å². The van der Waals surface area contributed by atoms with Crippen molar-refractivity contribution in [1.29, 1.82) is 0 Å². The van der Waals surface area contributed by atoms with Gasteiger partial charge in [-0.1, -0.05) is 18.2 Å². The molecule has 1 heterocycles. The smallest absolute Gasteiger partial charge is 0.372 e. The van der Waals surface area contributed by atoms with Crippen LogP contribution in [0.15, 0.2) is 28.7 Å². The molecular weight excluding hydrogens is 290 g/mol. The Labute approximate surface area is 127 Å². The zero-order valence-electron chi connectivity index (χ0n) is 12.0. The highest BCUT2D eigenvalue weighted by Crippen LogP contribution is 2.26. The SMILES string of the molecule is CSCC(C)(O)CNCc1c(C(=O)O)oc2ccccc12. The summed E-state index contributed by atoms with van der Waals surface area (Å²) in [6.07, 6.45) is 1.93. The third kappa shape index (κ3) is 3.78. The fraction of sp³-hybridized carbons (Fsp3) is 0.400. The second-order valence-electron chi connectivity index (χ2n) is 5.24. The van der Waals surface area contributed by atoms with Crippen molar-refractivity contribution < 1.29 is 19.4 Å². The van der Waals surface area contributed by atoms with Crippen LogP contribution >= 0.6 is 11.8 Å². The van der Waals surface area contributed by atoms with Crippen LogP contribution in [0.1, 0.15) is 23.0 Å². The molecule has 0 amide bonds. The quantitative estimate of drug-likeness (QED) is 0.728. The van der Waals surface area contributed by atoms with Gasteiger partial charge in [-0.15, -0.1) is 0 Å². The minimum atomic E-state index is -1.08. The number of aromatic carboxylic acids is 1. The minimum Gasteiger partial charge on any atom is -0.475 e. The van der Waals surface area contributed by atoms with Gasteiger partial charge in [-0.2, -0.15) is 11.8 Å². The van der Waals surface area contributed by atoms with Gasteiger partial charge < -0.3 is 19.9 Å². The average molecular weight is 309 g/mol. The van der Waals surface area contributed by atoms with Crippen LogP contribution in [0.3, 0.4) is 0 Å². The molecule has 0 bridgehead atoms. The Hall–Kier alpha value is -1.50. The topological polar surface area (TPSA) is 82.7 Å². The molecule has 0 fully saturated rings. The molecule has 0 aliphatic heterocycles. The number of carboxylic acids is 1. The first-order chi connectivity index (χ1) is 9.94. The van der Waals surface area contributed by atoms with E-state index < -0.39 is 11.6 Å². The van der Waals surface area contributed by atoms with Crippen LogP contribution in [0.25, 0.3) is 11.0 Å². The molecule has 0 saturated carbocycles. The van der Waals surface area contributed by atoms with Crippen LogP contribution in [0.5, 0.6) is 0 Å². The monoisotopic (exact) mass is 309 g/mol. The predicted octanol–water partition coefficient (Wildman–Crippen LogP) is 2.33. The second-order valence-corrected chi connectivity index (χ2v) is 6.11. The van der Waals surface area contributed by atoms with Crippen LogP contribution in [0.2, 0.25) is 0 Å². The standard InChI is InChI=1S/C15H19NO4S/c1-15(19,9-21-2)8-16-7-11-10-5-3-4-6-12(10)20-13(11)14(17)18/h3-6,16,19H,7-9H2,1-2H3,(H,17,18). The van der Waals surface area contributed by atoms with Crippen LogP contribution < -0.4 is 5.32 Å². The summed E-state index contributed by atoms with van der Waals surface area (Å²) in [6, 6.07) is 7.23. The first-order valence-corrected chi connectivity index (χ1v) is 8.00. The van der Waals surface area contributed by atoms with E-state index in [-0.39, 0.29) is 5.76 Å². The van der Waals surface area contributed by atoms with E-state index in [0.717, 1.165) is 5.39 Å². The third-order valence-electron chi connectivity index (χ3n) is 3.16. The van der Waals surface area contributed by atoms with Crippen LogP contribution in [-0.4, -0.2) is 40.3 Å². The molecule has 0 saturated heterocycles. The number of furan rings is 1. The number of nitrogens with one attached hydrogen (secondary N) is 1. The van der Waals surface area contributed by atoms with E-state index in [1.54, 1.807) is 30.8 Å². The molecule has 1 unspecified atom stereocenters. The lowest BCUT2D eigenvalue weighted by Gasteiger charge is -2.22.